The minimum absolute atomic E-state index is 0.0353. The number of methoxy groups -OCH3 is 1. The molecule has 0 aliphatic carbocycles. The Labute approximate surface area is 117 Å². The molecule has 1 aliphatic rings. The molecular weight excluding hydrogens is 266 g/mol. The first kappa shape index (κ1) is 14.1. The summed E-state index contributed by atoms with van der Waals surface area (Å²) in [4.78, 5) is 18.0. The molecule has 1 aromatic rings. The number of carbonyl (C=O) groups excluding carboxylic acids is 1. The first-order valence-electron chi connectivity index (χ1n) is 6.31. The molecular formula is C13H18ClN3O2. The molecule has 0 atom stereocenters. The average Bonchev–Trinajstić information content (AvgIpc) is 2.38. The van der Waals surface area contributed by atoms with Gasteiger partial charge in [0.1, 0.15) is 11.0 Å². The fourth-order valence-electron chi connectivity index (χ4n) is 2.36. The van der Waals surface area contributed by atoms with E-state index in [9.17, 15) is 4.79 Å². The van der Waals surface area contributed by atoms with Gasteiger partial charge in [-0.25, -0.2) is 4.98 Å². The number of carbonyl (C=O) groups is 1. The van der Waals surface area contributed by atoms with Crippen molar-refractivity contribution in [2.45, 2.75) is 12.8 Å². The van der Waals surface area contributed by atoms with Crippen LogP contribution >= 0.6 is 11.6 Å². The minimum Gasteiger partial charge on any atom is -0.384 e. The number of halogens is 1. The van der Waals surface area contributed by atoms with Crippen LogP contribution < -0.4 is 5.73 Å². The Kier molecular flexibility index (Phi) is 4.61. The van der Waals surface area contributed by atoms with E-state index >= 15 is 0 Å². The number of pyridine rings is 1. The lowest BCUT2D eigenvalue weighted by atomic mass is 9.97. The van der Waals surface area contributed by atoms with Gasteiger partial charge in [0.05, 0.1) is 0 Å². The molecule has 2 rings (SSSR count). The maximum absolute atomic E-state index is 12.3. The van der Waals surface area contributed by atoms with Crippen molar-refractivity contribution in [1.82, 2.24) is 9.88 Å². The van der Waals surface area contributed by atoms with Gasteiger partial charge >= 0.3 is 0 Å². The van der Waals surface area contributed by atoms with E-state index in [1.165, 1.54) is 0 Å². The van der Waals surface area contributed by atoms with Gasteiger partial charge < -0.3 is 15.4 Å². The molecule has 1 amide bonds. The van der Waals surface area contributed by atoms with Crippen LogP contribution in [-0.2, 0) is 4.74 Å². The van der Waals surface area contributed by atoms with Crippen LogP contribution in [0.1, 0.15) is 23.2 Å². The molecule has 104 valence electrons. The number of nitrogen functional groups attached to an aromatic ring is 1. The van der Waals surface area contributed by atoms with Crippen molar-refractivity contribution in [2.75, 3.05) is 32.5 Å². The maximum Gasteiger partial charge on any atom is 0.254 e. The zero-order valence-corrected chi connectivity index (χ0v) is 11.7. The second-order valence-corrected chi connectivity index (χ2v) is 5.18. The van der Waals surface area contributed by atoms with Gasteiger partial charge in [-0.1, -0.05) is 11.6 Å². The van der Waals surface area contributed by atoms with Crippen LogP contribution in [0.15, 0.2) is 12.1 Å². The largest absolute Gasteiger partial charge is 0.384 e. The molecule has 0 radical (unpaired) electrons. The van der Waals surface area contributed by atoms with E-state index in [1.54, 1.807) is 19.2 Å². The lowest BCUT2D eigenvalue weighted by Crippen LogP contribution is -2.39. The number of hydrogen-bond acceptors (Lipinski definition) is 4. The number of likely N-dealkylation sites (tertiary alicyclic amines) is 1. The Hall–Kier alpha value is -1.33. The van der Waals surface area contributed by atoms with Crippen molar-refractivity contribution in [3.8, 4) is 0 Å². The van der Waals surface area contributed by atoms with E-state index < -0.39 is 0 Å². The van der Waals surface area contributed by atoms with Gasteiger partial charge in [-0.2, -0.15) is 0 Å². The van der Waals surface area contributed by atoms with E-state index in [0.717, 1.165) is 32.5 Å². The molecule has 1 fully saturated rings. The van der Waals surface area contributed by atoms with Gasteiger partial charge in [-0.3, -0.25) is 4.79 Å². The smallest absolute Gasteiger partial charge is 0.254 e. The Morgan fingerprint density at radius 1 is 1.53 bits per heavy atom. The normalized spacial score (nSPS) is 16.6. The maximum atomic E-state index is 12.3. The molecule has 5 nitrogen and oxygen atoms in total. The molecule has 0 unspecified atom stereocenters. The standard InChI is InChI=1S/C13H18ClN3O2/c1-19-8-9-2-4-17(5-3-9)13(18)10-6-11(14)16-12(15)7-10/h6-7,9H,2-5,8H2,1H3,(H2,15,16). The van der Waals surface area contributed by atoms with E-state index in [1.807, 2.05) is 4.90 Å². The number of anilines is 1. The third-order valence-corrected chi connectivity index (χ3v) is 3.56. The topological polar surface area (TPSA) is 68.5 Å². The molecule has 0 aromatic carbocycles. The lowest BCUT2D eigenvalue weighted by molar-refractivity contribution is 0.0613. The summed E-state index contributed by atoms with van der Waals surface area (Å²) in [5.41, 5.74) is 6.11. The molecule has 0 bridgehead atoms. The first-order chi connectivity index (χ1) is 9.10. The number of piperidine rings is 1. The van der Waals surface area contributed by atoms with Crippen LogP contribution in [0.3, 0.4) is 0 Å². The highest BCUT2D eigenvalue weighted by atomic mass is 35.5. The summed E-state index contributed by atoms with van der Waals surface area (Å²) >= 11 is 5.82. The number of ether oxygens (including phenoxy) is 1. The third-order valence-electron chi connectivity index (χ3n) is 3.36. The fourth-order valence-corrected chi connectivity index (χ4v) is 2.58. The highest BCUT2D eigenvalue weighted by Crippen LogP contribution is 2.20. The summed E-state index contributed by atoms with van der Waals surface area (Å²) in [5, 5.41) is 0.248. The Bertz CT molecular complexity index is 439. The van der Waals surface area contributed by atoms with Gasteiger partial charge in [0.2, 0.25) is 0 Å². The second kappa shape index (κ2) is 6.21. The monoisotopic (exact) mass is 283 g/mol. The number of hydrogen-bond donors (Lipinski definition) is 1. The first-order valence-corrected chi connectivity index (χ1v) is 6.69. The number of nitrogens with zero attached hydrogens (tertiary/aromatic N) is 2. The van der Waals surface area contributed by atoms with Crippen LogP contribution in [0.5, 0.6) is 0 Å². The molecule has 1 aliphatic heterocycles. The van der Waals surface area contributed by atoms with Crippen molar-refractivity contribution in [3.05, 3.63) is 22.8 Å². The number of aromatic nitrogens is 1. The summed E-state index contributed by atoms with van der Waals surface area (Å²) < 4.78 is 5.15. The highest BCUT2D eigenvalue weighted by Gasteiger charge is 2.24. The number of amides is 1. The van der Waals surface area contributed by atoms with Gasteiger partial charge in [0, 0.05) is 32.4 Å². The van der Waals surface area contributed by atoms with Crippen molar-refractivity contribution in [2.24, 2.45) is 5.92 Å². The molecule has 6 heteroatoms. The highest BCUT2D eigenvalue weighted by molar-refractivity contribution is 6.29. The molecule has 0 saturated carbocycles. The van der Waals surface area contributed by atoms with Crippen LogP contribution in [0.2, 0.25) is 5.15 Å². The summed E-state index contributed by atoms with van der Waals surface area (Å²) in [5.74, 6) is 0.775. The van der Waals surface area contributed by atoms with Crippen LogP contribution in [-0.4, -0.2) is 42.6 Å². The van der Waals surface area contributed by atoms with Gasteiger partial charge in [-0.15, -0.1) is 0 Å². The van der Waals surface area contributed by atoms with Crippen molar-refractivity contribution < 1.29 is 9.53 Å². The Morgan fingerprint density at radius 2 is 2.21 bits per heavy atom. The Morgan fingerprint density at radius 3 is 2.79 bits per heavy atom. The van der Waals surface area contributed by atoms with Gasteiger partial charge in [0.15, 0.2) is 0 Å². The van der Waals surface area contributed by atoms with Crippen LogP contribution in [0.25, 0.3) is 0 Å². The van der Waals surface area contributed by atoms with E-state index in [-0.39, 0.29) is 16.9 Å². The fraction of sp³-hybridized carbons (Fsp3) is 0.538. The summed E-state index contributed by atoms with van der Waals surface area (Å²) in [6.45, 7) is 2.25. The molecule has 19 heavy (non-hydrogen) atoms. The van der Waals surface area contributed by atoms with E-state index in [4.69, 9.17) is 22.1 Å². The predicted octanol–water partition coefficient (Wildman–Crippen LogP) is 1.82. The lowest BCUT2D eigenvalue weighted by Gasteiger charge is -2.31. The van der Waals surface area contributed by atoms with Crippen LogP contribution in [0, 0.1) is 5.92 Å². The quantitative estimate of drug-likeness (QED) is 0.859. The SMILES string of the molecule is COCC1CCN(C(=O)c2cc(N)nc(Cl)c2)CC1. The van der Waals surface area contributed by atoms with Gasteiger partial charge in [-0.05, 0) is 30.9 Å². The molecule has 1 saturated heterocycles. The Balaban J connectivity index is 2.01. The summed E-state index contributed by atoms with van der Waals surface area (Å²) in [6.07, 6.45) is 1.93. The number of nitrogens with two attached hydrogens (primary N) is 1. The zero-order valence-electron chi connectivity index (χ0n) is 10.9. The summed E-state index contributed by atoms with van der Waals surface area (Å²) in [6, 6.07) is 3.12. The molecule has 0 spiro atoms. The third kappa shape index (κ3) is 3.58. The second-order valence-electron chi connectivity index (χ2n) is 4.79. The van der Waals surface area contributed by atoms with E-state index in [2.05, 4.69) is 4.98 Å². The molecule has 2 heterocycles. The van der Waals surface area contributed by atoms with Crippen molar-refractivity contribution in [1.29, 1.82) is 0 Å². The number of rotatable bonds is 3. The predicted molar refractivity (Wildman–Crippen MR) is 74.2 cm³/mol. The van der Waals surface area contributed by atoms with Gasteiger partial charge in [0.25, 0.3) is 5.91 Å². The summed E-state index contributed by atoms with van der Waals surface area (Å²) in [7, 11) is 1.71. The van der Waals surface area contributed by atoms with Crippen molar-refractivity contribution >= 4 is 23.3 Å². The zero-order chi connectivity index (χ0) is 13.8. The minimum atomic E-state index is -0.0353. The molecule has 2 N–H and O–H groups in total. The molecule has 1 aromatic heterocycles. The van der Waals surface area contributed by atoms with E-state index in [0.29, 0.717) is 11.5 Å². The van der Waals surface area contributed by atoms with Crippen molar-refractivity contribution in [3.63, 3.8) is 0 Å². The van der Waals surface area contributed by atoms with Crippen LogP contribution in [0.4, 0.5) is 5.82 Å². The average molecular weight is 284 g/mol.